The second-order valence-corrected chi connectivity index (χ2v) is 9.61. The Morgan fingerprint density at radius 1 is 1.24 bits per heavy atom. The van der Waals surface area contributed by atoms with Gasteiger partial charge in [-0.05, 0) is 67.3 Å². The van der Waals surface area contributed by atoms with Gasteiger partial charge < -0.3 is 15.5 Å². The number of carboxylic acid groups (broad SMARTS) is 1. The summed E-state index contributed by atoms with van der Waals surface area (Å²) in [5.41, 5.74) is 1.60. The van der Waals surface area contributed by atoms with Crippen molar-refractivity contribution in [2.75, 3.05) is 6.54 Å². The average Bonchev–Trinajstić information content (AvgIpc) is 2.69. The summed E-state index contributed by atoms with van der Waals surface area (Å²) in [6, 6.07) is 10.6. The molecule has 160 valence electrons. The van der Waals surface area contributed by atoms with E-state index in [0.29, 0.717) is 36.8 Å². The largest absolute Gasteiger partial charge is 0.481 e. The third-order valence-corrected chi connectivity index (χ3v) is 7.38. The molecule has 3 aliphatic carbocycles. The number of nitrogens with one attached hydrogen (secondary N) is 1. The van der Waals surface area contributed by atoms with Crippen molar-refractivity contribution >= 4 is 5.97 Å². The molecule has 3 saturated carbocycles. The Bertz CT molecular complexity index is 685. The van der Waals surface area contributed by atoms with Gasteiger partial charge in [0.1, 0.15) is 0 Å². The second-order valence-electron chi connectivity index (χ2n) is 9.61. The van der Waals surface area contributed by atoms with E-state index in [9.17, 15) is 9.90 Å². The number of fused-ring (bicyclic) bond motifs is 2. The predicted molar refractivity (Wildman–Crippen MR) is 117 cm³/mol. The number of unbranched alkanes of at least 4 members (excludes halogenated alkanes) is 1. The zero-order valence-electron chi connectivity index (χ0n) is 17.9. The highest BCUT2D eigenvalue weighted by Gasteiger charge is 2.56. The fourth-order valence-corrected chi connectivity index (χ4v) is 5.50. The van der Waals surface area contributed by atoms with Crippen molar-refractivity contribution in [2.24, 2.45) is 23.2 Å². The zero-order chi connectivity index (χ0) is 20.9. The molecule has 0 radical (unpaired) electrons. The Morgan fingerprint density at radius 3 is 2.69 bits per heavy atom. The fraction of sp³-hybridized carbons (Fsp3) is 0.640. The molecule has 29 heavy (non-hydrogen) atoms. The molecular weight excluding hydrogens is 362 g/mol. The zero-order valence-corrected chi connectivity index (χ0v) is 17.9. The number of rotatable bonds is 11. The SMILES string of the molecule is CC1(C)[C@@H]2CC(NCC(O)Cc3ccccc3)[C@@H](C/C=C\CCCC(=O)O)[C@H]1C2. The van der Waals surface area contributed by atoms with E-state index in [4.69, 9.17) is 5.11 Å². The van der Waals surface area contributed by atoms with E-state index in [1.54, 1.807) is 0 Å². The van der Waals surface area contributed by atoms with Crippen molar-refractivity contribution < 1.29 is 15.0 Å². The van der Waals surface area contributed by atoms with Crippen LogP contribution in [-0.4, -0.2) is 34.9 Å². The molecule has 4 heteroatoms. The number of aliphatic hydroxyl groups is 1. The summed E-state index contributed by atoms with van der Waals surface area (Å²) in [4.78, 5) is 10.6. The summed E-state index contributed by atoms with van der Waals surface area (Å²) in [6.45, 7) is 5.46. The molecule has 1 aromatic rings. The molecule has 0 spiro atoms. The fourth-order valence-electron chi connectivity index (χ4n) is 5.50. The Hall–Kier alpha value is -1.65. The molecule has 0 heterocycles. The normalized spacial score (nSPS) is 28.8. The first-order chi connectivity index (χ1) is 13.9. The van der Waals surface area contributed by atoms with Crippen LogP contribution in [0.5, 0.6) is 0 Å². The maximum atomic E-state index is 10.6. The van der Waals surface area contributed by atoms with Crippen LogP contribution in [0, 0.1) is 23.2 Å². The standard InChI is InChI=1S/C25H37NO3/c1-25(2)19-15-22(25)21(12-8-3-4-9-13-24(28)29)23(16-19)26-17-20(27)14-18-10-6-5-7-11-18/h3,5-8,10-11,19-23,26-27H,4,9,12-17H2,1-2H3,(H,28,29)/b8-3-/t19-,20?,21-,22+,23?/m0/s1. The average molecular weight is 400 g/mol. The van der Waals surface area contributed by atoms with Crippen LogP contribution >= 0.6 is 0 Å². The van der Waals surface area contributed by atoms with Crippen molar-refractivity contribution in [3.05, 3.63) is 48.0 Å². The van der Waals surface area contributed by atoms with Gasteiger partial charge in [0.05, 0.1) is 6.10 Å². The number of hydrogen-bond acceptors (Lipinski definition) is 3. The third-order valence-electron chi connectivity index (χ3n) is 7.38. The molecular formula is C25H37NO3. The molecule has 0 amide bonds. The molecule has 5 atom stereocenters. The lowest BCUT2D eigenvalue weighted by atomic mass is 9.44. The molecule has 0 aliphatic heterocycles. The van der Waals surface area contributed by atoms with Crippen LogP contribution in [0.1, 0.15) is 57.9 Å². The number of carbonyl (C=O) groups is 1. The minimum Gasteiger partial charge on any atom is -0.481 e. The van der Waals surface area contributed by atoms with Crippen LogP contribution in [0.2, 0.25) is 0 Å². The quantitative estimate of drug-likeness (QED) is 0.380. The number of allylic oxidation sites excluding steroid dienone is 2. The predicted octanol–water partition coefficient (Wildman–Crippen LogP) is 4.43. The molecule has 3 fully saturated rings. The number of carboxylic acids is 1. The van der Waals surface area contributed by atoms with Crippen LogP contribution in [0.4, 0.5) is 0 Å². The van der Waals surface area contributed by atoms with Gasteiger partial charge in [-0.25, -0.2) is 0 Å². The van der Waals surface area contributed by atoms with Crippen molar-refractivity contribution in [2.45, 2.75) is 70.9 Å². The van der Waals surface area contributed by atoms with Crippen molar-refractivity contribution in [1.29, 1.82) is 0 Å². The van der Waals surface area contributed by atoms with E-state index in [2.05, 4.69) is 43.4 Å². The molecule has 4 nitrogen and oxygen atoms in total. The van der Waals surface area contributed by atoms with E-state index >= 15 is 0 Å². The lowest BCUT2D eigenvalue weighted by Gasteiger charge is -2.63. The Balaban J connectivity index is 1.50. The molecule has 0 saturated heterocycles. The monoisotopic (exact) mass is 399 g/mol. The molecule has 2 unspecified atom stereocenters. The van der Waals surface area contributed by atoms with Gasteiger partial charge in [-0.3, -0.25) is 4.79 Å². The topological polar surface area (TPSA) is 69.6 Å². The van der Waals surface area contributed by atoms with Crippen LogP contribution < -0.4 is 5.32 Å². The summed E-state index contributed by atoms with van der Waals surface area (Å²) < 4.78 is 0. The molecule has 1 aromatic carbocycles. The van der Waals surface area contributed by atoms with Gasteiger partial charge in [-0.1, -0.05) is 56.3 Å². The maximum absolute atomic E-state index is 10.6. The first-order valence-electron chi connectivity index (χ1n) is 11.2. The number of aliphatic carboxylic acids is 1. The van der Waals surface area contributed by atoms with Crippen LogP contribution in [-0.2, 0) is 11.2 Å². The first kappa shape index (κ1) is 22.0. The summed E-state index contributed by atoms with van der Waals surface area (Å²) in [5.74, 6) is 1.39. The van der Waals surface area contributed by atoms with Gasteiger partial charge in [0.2, 0.25) is 0 Å². The Morgan fingerprint density at radius 2 is 2.00 bits per heavy atom. The van der Waals surface area contributed by atoms with Gasteiger partial charge in [0, 0.05) is 19.0 Å². The highest BCUT2D eigenvalue weighted by Crippen LogP contribution is 2.62. The highest BCUT2D eigenvalue weighted by atomic mass is 16.4. The smallest absolute Gasteiger partial charge is 0.303 e. The minimum absolute atomic E-state index is 0.245. The highest BCUT2D eigenvalue weighted by molar-refractivity contribution is 5.66. The van der Waals surface area contributed by atoms with Gasteiger partial charge in [-0.2, -0.15) is 0 Å². The molecule has 3 aliphatic rings. The van der Waals surface area contributed by atoms with Crippen molar-refractivity contribution in [1.82, 2.24) is 5.32 Å². The Labute approximate surface area is 175 Å². The van der Waals surface area contributed by atoms with E-state index in [1.165, 1.54) is 18.4 Å². The second kappa shape index (κ2) is 9.90. The number of benzene rings is 1. The molecule has 2 bridgehead atoms. The number of hydrogen-bond donors (Lipinski definition) is 3. The van der Waals surface area contributed by atoms with Crippen LogP contribution in [0.3, 0.4) is 0 Å². The van der Waals surface area contributed by atoms with Crippen LogP contribution in [0.15, 0.2) is 42.5 Å². The van der Waals surface area contributed by atoms with Crippen molar-refractivity contribution in [3.63, 3.8) is 0 Å². The maximum Gasteiger partial charge on any atom is 0.303 e. The van der Waals surface area contributed by atoms with E-state index < -0.39 is 5.97 Å². The van der Waals surface area contributed by atoms with E-state index in [1.807, 2.05) is 18.2 Å². The van der Waals surface area contributed by atoms with Crippen molar-refractivity contribution in [3.8, 4) is 0 Å². The Kier molecular flexibility index (Phi) is 7.53. The lowest BCUT2D eigenvalue weighted by molar-refractivity contribution is -0.137. The van der Waals surface area contributed by atoms with E-state index in [0.717, 1.165) is 24.7 Å². The summed E-state index contributed by atoms with van der Waals surface area (Å²) >= 11 is 0. The minimum atomic E-state index is -0.716. The van der Waals surface area contributed by atoms with Gasteiger partial charge >= 0.3 is 5.97 Å². The third kappa shape index (κ3) is 5.70. The van der Waals surface area contributed by atoms with Gasteiger partial charge in [-0.15, -0.1) is 0 Å². The summed E-state index contributed by atoms with van der Waals surface area (Å²) in [5, 5.41) is 22.9. The van der Waals surface area contributed by atoms with E-state index in [-0.39, 0.29) is 12.5 Å². The molecule has 4 rings (SSSR count). The van der Waals surface area contributed by atoms with Crippen LogP contribution in [0.25, 0.3) is 0 Å². The molecule has 3 N–H and O–H groups in total. The summed E-state index contributed by atoms with van der Waals surface area (Å²) in [6.07, 6.45) is 10.1. The summed E-state index contributed by atoms with van der Waals surface area (Å²) in [7, 11) is 0. The first-order valence-corrected chi connectivity index (χ1v) is 11.2. The lowest BCUT2D eigenvalue weighted by Crippen LogP contribution is -2.61. The van der Waals surface area contributed by atoms with Gasteiger partial charge in [0.15, 0.2) is 0 Å². The van der Waals surface area contributed by atoms with Gasteiger partial charge in [0.25, 0.3) is 0 Å². The molecule has 0 aromatic heterocycles. The number of aliphatic hydroxyl groups excluding tert-OH is 1.